The van der Waals surface area contributed by atoms with Crippen LogP contribution in [0.5, 0.6) is 0 Å². The second-order valence-electron chi connectivity index (χ2n) is 5.93. The first kappa shape index (κ1) is 13.8. The third-order valence-electron chi connectivity index (χ3n) is 4.66. The van der Waals surface area contributed by atoms with E-state index in [1.54, 1.807) is 4.90 Å². The van der Waals surface area contributed by atoms with Crippen molar-refractivity contribution in [2.75, 3.05) is 32.8 Å². The molecule has 3 fully saturated rings. The van der Waals surface area contributed by atoms with Gasteiger partial charge in [0, 0.05) is 19.1 Å². The molecule has 0 aromatic carbocycles. The van der Waals surface area contributed by atoms with E-state index in [0.717, 1.165) is 19.7 Å². The van der Waals surface area contributed by atoms with E-state index >= 15 is 0 Å². The maximum Gasteiger partial charge on any atom is 0.243 e. The zero-order valence-corrected chi connectivity index (χ0v) is 12.0. The molecular weight excluding hydrogens is 258 g/mol. The number of nitrogens with zero attached hydrogens (tertiary/aromatic N) is 2. The molecule has 3 rings (SSSR count). The molecule has 3 saturated heterocycles. The Balaban J connectivity index is 1.63. The van der Waals surface area contributed by atoms with Crippen LogP contribution in [0, 0.1) is 0 Å². The molecule has 1 N–H and O–H groups in total. The molecule has 6 nitrogen and oxygen atoms in total. The van der Waals surface area contributed by atoms with Crippen LogP contribution in [0.15, 0.2) is 0 Å². The van der Waals surface area contributed by atoms with Crippen molar-refractivity contribution < 1.29 is 14.3 Å². The minimum Gasteiger partial charge on any atom is -0.373 e. The first-order valence-electron chi connectivity index (χ1n) is 7.62. The number of hydrogen-bond donors (Lipinski definition) is 1. The lowest BCUT2D eigenvalue weighted by molar-refractivity contribution is -0.149. The summed E-state index contributed by atoms with van der Waals surface area (Å²) in [5.41, 5.74) is 0. The van der Waals surface area contributed by atoms with Gasteiger partial charge < -0.3 is 15.0 Å². The molecule has 0 saturated carbocycles. The third kappa shape index (κ3) is 2.54. The molecule has 3 aliphatic rings. The van der Waals surface area contributed by atoms with Gasteiger partial charge in [-0.25, -0.2) is 0 Å². The number of piperazine rings is 1. The molecule has 0 bridgehead atoms. The number of morpholine rings is 1. The van der Waals surface area contributed by atoms with Gasteiger partial charge in [0.25, 0.3) is 0 Å². The average molecular weight is 281 g/mol. The van der Waals surface area contributed by atoms with Crippen LogP contribution < -0.4 is 5.32 Å². The molecule has 0 aromatic heterocycles. The SMILES string of the molecule is CCC1C(=O)NCC(=O)N1CC1CN2CCCC2CO1. The van der Waals surface area contributed by atoms with Crippen molar-refractivity contribution in [1.82, 2.24) is 15.1 Å². The van der Waals surface area contributed by atoms with Crippen LogP contribution in [-0.2, 0) is 14.3 Å². The summed E-state index contributed by atoms with van der Waals surface area (Å²) in [7, 11) is 0. The van der Waals surface area contributed by atoms with E-state index in [-0.39, 0.29) is 30.5 Å². The first-order chi connectivity index (χ1) is 9.69. The highest BCUT2D eigenvalue weighted by Crippen LogP contribution is 2.23. The molecule has 3 atom stereocenters. The average Bonchev–Trinajstić information content (AvgIpc) is 2.91. The molecule has 0 spiro atoms. The van der Waals surface area contributed by atoms with Gasteiger partial charge in [0.2, 0.25) is 11.8 Å². The molecule has 20 heavy (non-hydrogen) atoms. The largest absolute Gasteiger partial charge is 0.373 e. The summed E-state index contributed by atoms with van der Waals surface area (Å²) in [6.07, 6.45) is 3.14. The van der Waals surface area contributed by atoms with Crippen molar-refractivity contribution in [3.8, 4) is 0 Å². The molecule has 6 heteroatoms. The predicted octanol–water partition coefficient (Wildman–Crippen LogP) is -0.413. The van der Waals surface area contributed by atoms with E-state index in [1.807, 2.05) is 6.92 Å². The summed E-state index contributed by atoms with van der Waals surface area (Å²) in [4.78, 5) is 28.1. The Morgan fingerprint density at radius 1 is 1.40 bits per heavy atom. The Hall–Kier alpha value is -1.14. The molecule has 3 unspecified atom stereocenters. The Labute approximate surface area is 119 Å². The number of fused-ring (bicyclic) bond motifs is 1. The van der Waals surface area contributed by atoms with Gasteiger partial charge in [0.05, 0.1) is 19.3 Å². The Kier molecular flexibility index (Phi) is 3.94. The summed E-state index contributed by atoms with van der Waals surface area (Å²) in [5, 5.41) is 2.66. The van der Waals surface area contributed by atoms with Gasteiger partial charge in [-0.1, -0.05) is 6.92 Å². The standard InChI is InChI=1S/C14H23N3O3/c1-2-12-14(19)15-6-13(18)17(12)8-11-7-16-5-3-4-10(16)9-20-11/h10-12H,2-9H2,1H3,(H,15,19). The topological polar surface area (TPSA) is 61.9 Å². The van der Waals surface area contributed by atoms with Crippen molar-refractivity contribution in [1.29, 1.82) is 0 Å². The summed E-state index contributed by atoms with van der Waals surface area (Å²) >= 11 is 0. The fourth-order valence-corrected chi connectivity index (χ4v) is 3.55. The second-order valence-corrected chi connectivity index (χ2v) is 5.93. The molecule has 3 heterocycles. The zero-order chi connectivity index (χ0) is 14.1. The number of amides is 2. The third-order valence-corrected chi connectivity index (χ3v) is 4.66. The van der Waals surface area contributed by atoms with Crippen molar-refractivity contribution in [3.05, 3.63) is 0 Å². The van der Waals surface area contributed by atoms with E-state index in [0.29, 0.717) is 19.0 Å². The fourth-order valence-electron chi connectivity index (χ4n) is 3.55. The molecule has 2 amide bonds. The van der Waals surface area contributed by atoms with Crippen LogP contribution >= 0.6 is 0 Å². The van der Waals surface area contributed by atoms with E-state index in [9.17, 15) is 9.59 Å². The summed E-state index contributed by atoms with van der Waals surface area (Å²) < 4.78 is 5.90. The number of carbonyl (C=O) groups excluding carboxylic acids is 2. The zero-order valence-electron chi connectivity index (χ0n) is 12.0. The van der Waals surface area contributed by atoms with Gasteiger partial charge in [-0.15, -0.1) is 0 Å². The van der Waals surface area contributed by atoms with Gasteiger partial charge >= 0.3 is 0 Å². The van der Waals surface area contributed by atoms with Crippen LogP contribution in [0.2, 0.25) is 0 Å². The first-order valence-corrected chi connectivity index (χ1v) is 7.62. The summed E-state index contributed by atoms with van der Waals surface area (Å²) in [5.74, 6) is -0.0365. The lowest BCUT2D eigenvalue weighted by atomic mass is 10.1. The minimum atomic E-state index is -0.337. The summed E-state index contributed by atoms with van der Waals surface area (Å²) in [6, 6.07) is 0.227. The fraction of sp³-hybridized carbons (Fsp3) is 0.857. The van der Waals surface area contributed by atoms with Crippen LogP contribution in [-0.4, -0.2) is 72.6 Å². The maximum absolute atomic E-state index is 12.1. The normalized spacial score (nSPS) is 35.0. The van der Waals surface area contributed by atoms with Gasteiger partial charge in [0.1, 0.15) is 6.04 Å². The smallest absolute Gasteiger partial charge is 0.243 e. The number of carbonyl (C=O) groups is 2. The maximum atomic E-state index is 12.1. The number of hydrogen-bond acceptors (Lipinski definition) is 4. The van der Waals surface area contributed by atoms with Crippen molar-refractivity contribution >= 4 is 11.8 Å². The Morgan fingerprint density at radius 3 is 3.05 bits per heavy atom. The Morgan fingerprint density at radius 2 is 2.25 bits per heavy atom. The van der Waals surface area contributed by atoms with E-state index in [1.165, 1.54) is 12.8 Å². The lowest BCUT2D eigenvalue weighted by Crippen LogP contribution is -2.61. The second kappa shape index (κ2) is 5.69. The van der Waals surface area contributed by atoms with E-state index < -0.39 is 0 Å². The lowest BCUT2D eigenvalue weighted by Gasteiger charge is -2.40. The van der Waals surface area contributed by atoms with Crippen LogP contribution in [0.25, 0.3) is 0 Å². The highest BCUT2D eigenvalue weighted by Gasteiger charge is 2.38. The molecule has 112 valence electrons. The van der Waals surface area contributed by atoms with Crippen molar-refractivity contribution in [2.45, 2.75) is 44.4 Å². The highest BCUT2D eigenvalue weighted by atomic mass is 16.5. The highest BCUT2D eigenvalue weighted by molar-refractivity contribution is 5.94. The van der Waals surface area contributed by atoms with Crippen molar-refractivity contribution in [3.63, 3.8) is 0 Å². The molecule has 0 aliphatic carbocycles. The minimum absolute atomic E-state index is 0.00333. The monoisotopic (exact) mass is 281 g/mol. The quantitative estimate of drug-likeness (QED) is 0.764. The van der Waals surface area contributed by atoms with Gasteiger partial charge in [-0.05, 0) is 25.8 Å². The van der Waals surface area contributed by atoms with E-state index in [4.69, 9.17) is 4.74 Å². The molecular formula is C14H23N3O3. The number of ether oxygens (including phenoxy) is 1. The number of nitrogens with one attached hydrogen (secondary N) is 1. The molecule has 3 aliphatic heterocycles. The van der Waals surface area contributed by atoms with Gasteiger partial charge in [-0.2, -0.15) is 0 Å². The number of rotatable bonds is 3. The molecule has 0 aromatic rings. The van der Waals surface area contributed by atoms with Crippen molar-refractivity contribution in [2.24, 2.45) is 0 Å². The van der Waals surface area contributed by atoms with Gasteiger partial charge in [0.15, 0.2) is 0 Å². The molecule has 0 radical (unpaired) electrons. The van der Waals surface area contributed by atoms with E-state index in [2.05, 4.69) is 10.2 Å². The predicted molar refractivity (Wildman–Crippen MR) is 73.1 cm³/mol. The Bertz CT molecular complexity index is 401. The van der Waals surface area contributed by atoms with Gasteiger partial charge in [-0.3, -0.25) is 14.5 Å². The van der Waals surface area contributed by atoms with Crippen LogP contribution in [0.4, 0.5) is 0 Å². The van der Waals surface area contributed by atoms with Crippen LogP contribution in [0.1, 0.15) is 26.2 Å². The van der Waals surface area contributed by atoms with Crippen LogP contribution in [0.3, 0.4) is 0 Å². The summed E-state index contributed by atoms with van der Waals surface area (Å²) in [6.45, 7) is 5.37.